The van der Waals surface area contributed by atoms with E-state index in [4.69, 9.17) is 11.6 Å². The Bertz CT molecular complexity index is 369. The van der Waals surface area contributed by atoms with Crippen molar-refractivity contribution in [2.75, 3.05) is 0 Å². The Morgan fingerprint density at radius 2 is 2.07 bits per heavy atom. The summed E-state index contributed by atoms with van der Waals surface area (Å²) in [6, 6.07) is 4.74. The van der Waals surface area contributed by atoms with E-state index in [0.29, 0.717) is 10.6 Å². The maximum absolute atomic E-state index is 13.5. The number of rotatable bonds is 1. The van der Waals surface area contributed by atoms with Crippen LogP contribution >= 0.6 is 11.6 Å². The Labute approximate surface area is 88.4 Å². The first-order valence-corrected chi connectivity index (χ1v) is 5.29. The van der Waals surface area contributed by atoms with Gasteiger partial charge in [0.2, 0.25) is 0 Å². The summed E-state index contributed by atoms with van der Waals surface area (Å²) in [4.78, 5) is 0. The standard InChI is InChI=1S/C12H12ClF/c13-10-6-7-12(14)11(8-10)9-4-2-1-3-5-9/h4,6-8H,1-3,5H2. The molecule has 0 saturated heterocycles. The molecule has 0 aromatic heterocycles. The molecule has 0 heterocycles. The molecule has 0 nitrogen and oxygen atoms in total. The number of halogens is 2. The summed E-state index contributed by atoms with van der Waals surface area (Å²) in [7, 11) is 0. The molecule has 1 aromatic carbocycles. The van der Waals surface area contributed by atoms with Crippen LogP contribution in [0.25, 0.3) is 5.57 Å². The topological polar surface area (TPSA) is 0 Å². The van der Waals surface area contributed by atoms with Gasteiger partial charge in [0.05, 0.1) is 0 Å². The zero-order chi connectivity index (χ0) is 9.97. The van der Waals surface area contributed by atoms with Crippen LogP contribution in [0.2, 0.25) is 5.02 Å². The molecular weight excluding hydrogens is 199 g/mol. The van der Waals surface area contributed by atoms with Crippen LogP contribution in [0.15, 0.2) is 24.3 Å². The molecule has 0 spiro atoms. The van der Waals surface area contributed by atoms with Crippen molar-refractivity contribution >= 4 is 17.2 Å². The van der Waals surface area contributed by atoms with Gasteiger partial charge in [0, 0.05) is 10.6 Å². The zero-order valence-corrected chi connectivity index (χ0v) is 8.65. The minimum absolute atomic E-state index is 0.164. The van der Waals surface area contributed by atoms with Gasteiger partial charge in [0.1, 0.15) is 5.82 Å². The Morgan fingerprint density at radius 1 is 1.21 bits per heavy atom. The highest BCUT2D eigenvalue weighted by Crippen LogP contribution is 2.29. The molecule has 0 fully saturated rings. The van der Waals surface area contributed by atoms with Crippen LogP contribution in [0.4, 0.5) is 4.39 Å². The van der Waals surface area contributed by atoms with Gasteiger partial charge < -0.3 is 0 Å². The van der Waals surface area contributed by atoms with E-state index in [-0.39, 0.29) is 5.82 Å². The van der Waals surface area contributed by atoms with Crippen molar-refractivity contribution in [1.29, 1.82) is 0 Å². The Hall–Kier alpha value is -0.820. The van der Waals surface area contributed by atoms with Gasteiger partial charge in [-0.3, -0.25) is 0 Å². The molecule has 74 valence electrons. The maximum atomic E-state index is 13.5. The van der Waals surface area contributed by atoms with Gasteiger partial charge in [0.25, 0.3) is 0 Å². The lowest BCUT2D eigenvalue weighted by Gasteiger charge is -2.13. The maximum Gasteiger partial charge on any atom is 0.130 e. The predicted molar refractivity (Wildman–Crippen MR) is 57.9 cm³/mol. The van der Waals surface area contributed by atoms with Gasteiger partial charge in [-0.15, -0.1) is 0 Å². The van der Waals surface area contributed by atoms with Crippen molar-refractivity contribution in [3.63, 3.8) is 0 Å². The van der Waals surface area contributed by atoms with Crippen LogP contribution in [-0.4, -0.2) is 0 Å². The monoisotopic (exact) mass is 210 g/mol. The summed E-state index contributed by atoms with van der Waals surface area (Å²) in [6.45, 7) is 0. The van der Waals surface area contributed by atoms with E-state index in [1.54, 1.807) is 12.1 Å². The number of benzene rings is 1. The second-order valence-electron chi connectivity index (χ2n) is 3.60. The fraction of sp³-hybridized carbons (Fsp3) is 0.333. The molecule has 0 amide bonds. The molecule has 2 rings (SSSR count). The van der Waals surface area contributed by atoms with Gasteiger partial charge in [-0.2, -0.15) is 0 Å². The highest BCUT2D eigenvalue weighted by atomic mass is 35.5. The Kier molecular flexibility index (Phi) is 2.87. The Balaban J connectivity index is 2.39. The first kappa shape index (κ1) is 9.72. The molecular formula is C12H12ClF. The highest BCUT2D eigenvalue weighted by molar-refractivity contribution is 6.30. The largest absolute Gasteiger partial charge is 0.206 e. The van der Waals surface area contributed by atoms with Crippen LogP contribution in [0.1, 0.15) is 31.2 Å². The molecule has 0 N–H and O–H groups in total. The van der Waals surface area contributed by atoms with Gasteiger partial charge >= 0.3 is 0 Å². The van der Waals surface area contributed by atoms with Gasteiger partial charge in [0.15, 0.2) is 0 Å². The second-order valence-corrected chi connectivity index (χ2v) is 4.04. The van der Waals surface area contributed by atoms with Crippen molar-refractivity contribution in [3.8, 4) is 0 Å². The molecule has 1 aliphatic rings. The van der Waals surface area contributed by atoms with E-state index in [1.165, 1.54) is 12.5 Å². The average Bonchev–Trinajstić information content (AvgIpc) is 2.23. The minimum atomic E-state index is -0.164. The van der Waals surface area contributed by atoms with E-state index >= 15 is 0 Å². The quantitative estimate of drug-likeness (QED) is 0.643. The third kappa shape index (κ3) is 1.98. The third-order valence-electron chi connectivity index (χ3n) is 2.57. The van der Waals surface area contributed by atoms with Crippen LogP contribution < -0.4 is 0 Å². The summed E-state index contributed by atoms with van der Waals surface area (Å²) in [5, 5.41) is 0.605. The van der Waals surface area contributed by atoms with Crippen molar-refractivity contribution in [2.45, 2.75) is 25.7 Å². The lowest BCUT2D eigenvalue weighted by Crippen LogP contribution is -1.94. The second kappa shape index (κ2) is 4.14. The molecule has 14 heavy (non-hydrogen) atoms. The molecule has 1 aromatic rings. The lowest BCUT2D eigenvalue weighted by atomic mass is 9.93. The van der Waals surface area contributed by atoms with Crippen molar-refractivity contribution < 1.29 is 4.39 Å². The van der Waals surface area contributed by atoms with Gasteiger partial charge in [-0.1, -0.05) is 17.7 Å². The van der Waals surface area contributed by atoms with E-state index in [0.717, 1.165) is 24.8 Å². The molecule has 0 saturated carbocycles. The molecule has 0 bridgehead atoms. The summed E-state index contributed by atoms with van der Waals surface area (Å²) >= 11 is 5.84. The molecule has 0 atom stereocenters. The van der Waals surface area contributed by atoms with E-state index in [1.807, 2.05) is 0 Å². The van der Waals surface area contributed by atoms with Crippen LogP contribution in [0, 0.1) is 5.82 Å². The lowest BCUT2D eigenvalue weighted by molar-refractivity contribution is 0.620. The Morgan fingerprint density at radius 3 is 2.79 bits per heavy atom. The van der Waals surface area contributed by atoms with Crippen molar-refractivity contribution in [2.24, 2.45) is 0 Å². The van der Waals surface area contributed by atoms with E-state index in [2.05, 4.69) is 6.08 Å². The molecule has 0 aliphatic heterocycles. The summed E-state index contributed by atoms with van der Waals surface area (Å²) < 4.78 is 13.5. The van der Waals surface area contributed by atoms with E-state index < -0.39 is 0 Å². The number of allylic oxidation sites excluding steroid dienone is 2. The SMILES string of the molecule is Fc1ccc(Cl)cc1C1=CCCCC1. The summed E-state index contributed by atoms with van der Waals surface area (Å²) in [5.74, 6) is -0.164. The average molecular weight is 211 g/mol. The summed E-state index contributed by atoms with van der Waals surface area (Å²) in [5.41, 5.74) is 1.79. The molecule has 0 unspecified atom stereocenters. The fourth-order valence-corrected chi connectivity index (χ4v) is 2.00. The third-order valence-corrected chi connectivity index (χ3v) is 2.80. The predicted octanol–water partition coefficient (Wildman–Crippen LogP) is 4.44. The number of hydrogen-bond donors (Lipinski definition) is 0. The van der Waals surface area contributed by atoms with Crippen molar-refractivity contribution in [1.82, 2.24) is 0 Å². The first-order valence-electron chi connectivity index (χ1n) is 4.92. The number of hydrogen-bond acceptors (Lipinski definition) is 0. The summed E-state index contributed by atoms with van der Waals surface area (Å²) in [6.07, 6.45) is 6.51. The smallest absolute Gasteiger partial charge is 0.130 e. The minimum Gasteiger partial charge on any atom is -0.206 e. The molecule has 1 aliphatic carbocycles. The van der Waals surface area contributed by atoms with Gasteiger partial charge in [-0.25, -0.2) is 4.39 Å². The molecule has 2 heteroatoms. The highest BCUT2D eigenvalue weighted by Gasteiger charge is 2.10. The van der Waals surface area contributed by atoms with Crippen molar-refractivity contribution in [3.05, 3.63) is 40.7 Å². The van der Waals surface area contributed by atoms with Crippen LogP contribution in [0.5, 0.6) is 0 Å². The van der Waals surface area contributed by atoms with Gasteiger partial charge in [-0.05, 0) is 49.5 Å². The normalized spacial score (nSPS) is 16.6. The molecule has 0 radical (unpaired) electrons. The zero-order valence-electron chi connectivity index (χ0n) is 7.89. The fourth-order valence-electron chi connectivity index (χ4n) is 1.83. The van der Waals surface area contributed by atoms with E-state index in [9.17, 15) is 4.39 Å². The first-order chi connectivity index (χ1) is 6.77. The van der Waals surface area contributed by atoms with Crippen LogP contribution in [0.3, 0.4) is 0 Å². The van der Waals surface area contributed by atoms with Crippen LogP contribution in [-0.2, 0) is 0 Å².